The Morgan fingerprint density at radius 1 is 1.24 bits per heavy atom. The standard InChI is InChI=1S/C16H16ClNO3/c1-10(11-5-6-15-16(7-11)21-9-20-15)18-8-12-13(17)3-2-4-14(12)19/h2-7,10,18-19H,8-9H2,1H3. The molecule has 1 aliphatic heterocycles. The molecule has 2 aromatic carbocycles. The van der Waals surface area contributed by atoms with Gasteiger partial charge in [-0.3, -0.25) is 0 Å². The number of ether oxygens (including phenoxy) is 2. The molecule has 1 aliphatic rings. The van der Waals surface area contributed by atoms with Crippen LogP contribution in [-0.4, -0.2) is 11.9 Å². The van der Waals surface area contributed by atoms with E-state index in [1.165, 1.54) is 0 Å². The number of rotatable bonds is 4. The quantitative estimate of drug-likeness (QED) is 0.906. The Hall–Kier alpha value is -1.91. The monoisotopic (exact) mass is 305 g/mol. The molecule has 0 aromatic heterocycles. The second-order valence-corrected chi connectivity index (χ2v) is 5.36. The van der Waals surface area contributed by atoms with E-state index in [1.807, 2.05) is 25.1 Å². The van der Waals surface area contributed by atoms with Gasteiger partial charge in [0.25, 0.3) is 0 Å². The zero-order valence-corrected chi connectivity index (χ0v) is 12.4. The van der Waals surface area contributed by atoms with Crippen molar-refractivity contribution < 1.29 is 14.6 Å². The molecule has 0 aliphatic carbocycles. The number of fused-ring (bicyclic) bond motifs is 1. The second kappa shape index (κ2) is 5.84. The number of halogens is 1. The van der Waals surface area contributed by atoms with Gasteiger partial charge in [-0.05, 0) is 36.8 Å². The summed E-state index contributed by atoms with van der Waals surface area (Å²) in [5, 5.41) is 13.7. The van der Waals surface area contributed by atoms with Crippen molar-refractivity contribution in [2.45, 2.75) is 19.5 Å². The molecule has 0 spiro atoms. The zero-order valence-electron chi connectivity index (χ0n) is 11.6. The summed E-state index contributed by atoms with van der Waals surface area (Å²) >= 11 is 6.10. The summed E-state index contributed by atoms with van der Waals surface area (Å²) < 4.78 is 10.7. The second-order valence-electron chi connectivity index (χ2n) is 4.95. The number of benzene rings is 2. The van der Waals surface area contributed by atoms with Gasteiger partial charge < -0.3 is 19.9 Å². The lowest BCUT2D eigenvalue weighted by molar-refractivity contribution is 0.174. The van der Waals surface area contributed by atoms with Gasteiger partial charge >= 0.3 is 0 Å². The van der Waals surface area contributed by atoms with Gasteiger partial charge in [-0.25, -0.2) is 0 Å². The third-order valence-corrected chi connectivity index (χ3v) is 3.93. The maximum Gasteiger partial charge on any atom is 0.231 e. The Labute approximate surface area is 128 Å². The lowest BCUT2D eigenvalue weighted by atomic mass is 10.1. The summed E-state index contributed by atoms with van der Waals surface area (Å²) in [4.78, 5) is 0. The molecule has 4 nitrogen and oxygen atoms in total. The summed E-state index contributed by atoms with van der Waals surface area (Å²) in [6.07, 6.45) is 0. The molecule has 110 valence electrons. The first kappa shape index (κ1) is 14.0. The summed E-state index contributed by atoms with van der Waals surface area (Å²) in [6.45, 7) is 2.81. The Morgan fingerprint density at radius 2 is 2.05 bits per heavy atom. The fourth-order valence-corrected chi connectivity index (χ4v) is 2.51. The fraction of sp³-hybridized carbons (Fsp3) is 0.250. The van der Waals surface area contributed by atoms with Crippen LogP contribution in [0.2, 0.25) is 5.02 Å². The van der Waals surface area contributed by atoms with Crippen molar-refractivity contribution >= 4 is 11.6 Å². The smallest absolute Gasteiger partial charge is 0.231 e. The lowest BCUT2D eigenvalue weighted by Crippen LogP contribution is -2.18. The van der Waals surface area contributed by atoms with E-state index in [9.17, 15) is 5.11 Å². The zero-order chi connectivity index (χ0) is 14.8. The first-order chi connectivity index (χ1) is 10.1. The van der Waals surface area contributed by atoms with E-state index in [4.69, 9.17) is 21.1 Å². The van der Waals surface area contributed by atoms with Crippen molar-refractivity contribution in [3.05, 3.63) is 52.5 Å². The molecule has 1 unspecified atom stereocenters. The Balaban J connectivity index is 1.70. The molecule has 3 rings (SSSR count). The molecular weight excluding hydrogens is 290 g/mol. The van der Waals surface area contributed by atoms with Crippen LogP contribution < -0.4 is 14.8 Å². The maximum atomic E-state index is 9.84. The number of aromatic hydroxyl groups is 1. The molecule has 2 N–H and O–H groups in total. The van der Waals surface area contributed by atoms with Crippen LogP contribution in [0.15, 0.2) is 36.4 Å². The normalized spacial score (nSPS) is 14.2. The molecule has 0 bridgehead atoms. The predicted molar refractivity (Wildman–Crippen MR) is 80.9 cm³/mol. The maximum absolute atomic E-state index is 9.84. The summed E-state index contributed by atoms with van der Waals surface area (Å²) in [7, 11) is 0. The number of hydrogen-bond donors (Lipinski definition) is 2. The van der Waals surface area contributed by atoms with Crippen LogP contribution in [0.4, 0.5) is 0 Å². The number of phenolic OH excluding ortho intramolecular Hbond substituents is 1. The highest BCUT2D eigenvalue weighted by atomic mass is 35.5. The van der Waals surface area contributed by atoms with Gasteiger partial charge in [0.15, 0.2) is 11.5 Å². The first-order valence-electron chi connectivity index (χ1n) is 6.74. The van der Waals surface area contributed by atoms with Gasteiger partial charge in [0.05, 0.1) is 0 Å². The minimum Gasteiger partial charge on any atom is -0.508 e. The number of hydrogen-bond acceptors (Lipinski definition) is 4. The highest BCUT2D eigenvalue weighted by Gasteiger charge is 2.16. The van der Waals surface area contributed by atoms with Crippen LogP contribution in [-0.2, 0) is 6.54 Å². The van der Waals surface area contributed by atoms with Gasteiger partial charge in [0.2, 0.25) is 6.79 Å². The Morgan fingerprint density at radius 3 is 2.86 bits per heavy atom. The van der Waals surface area contributed by atoms with E-state index in [0.717, 1.165) is 17.1 Å². The summed E-state index contributed by atoms with van der Waals surface area (Å²) in [5.41, 5.74) is 1.79. The van der Waals surface area contributed by atoms with Crippen molar-refractivity contribution in [2.75, 3.05) is 6.79 Å². The molecular formula is C16H16ClNO3. The van der Waals surface area contributed by atoms with Crippen LogP contribution in [0, 0.1) is 0 Å². The first-order valence-corrected chi connectivity index (χ1v) is 7.12. The lowest BCUT2D eigenvalue weighted by Gasteiger charge is -2.16. The van der Waals surface area contributed by atoms with Crippen molar-refractivity contribution in [3.63, 3.8) is 0 Å². The number of phenols is 1. The highest BCUT2D eigenvalue weighted by molar-refractivity contribution is 6.31. The van der Waals surface area contributed by atoms with Gasteiger partial charge in [-0.1, -0.05) is 23.7 Å². The predicted octanol–water partition coefficient (Wildman–Crippen LogP) is 3.63. The van der Waals surface area contributed by atoms with E-state index >= 15 is 0 Å². The SMILES string of the molecule is CC(NCc1c(O)cccc1Cl)c1ccc2c(c1)OCO2. The molecule has 5 heteroatoms. The number of nitrogens with one attached hydrogen (secondary N) is 1. The van der Waals surface area contributed by atoms with E-state index in [0.29, 0.717) is 17.1 Å². The van der Waals surface area contributed by atoms with Gasteiger partial charge in [-0.2, -0.15) is 0 Å². The molecule has 1 heterocycles. The van der Waals surface area contributed by atoms with Crippen LogP contribution in [0.3, 0.4) is 0 Å². The van der Waals surface area contributed by atoms with Crippen molar-refractivity contribution in [1.29, 1.82) is 0 Å². The molecule has 0 saturated heterocycles. The van der Waals surface area contributed by atoms with E-state index in [-0.39, 0.29) is 18.6 Å². The van der Waals surface area contributed by atoms with Crippen LogP contribution >= 0.6 is 11.6 Å². The van der Waals surface area contributed by atoms with Crippen LogP contribution in [0.1, 0.15) is 24.1 Å². The van der Waals surface area contributed by atoms with Crippen molar-refractivity contribution in [3.8, 4) is 17.2 Å². The van der Waals surface area contributed by atoms with Crippen LogP contribution in [0.5, 0.6) is 17.2 Å². The van der Waals surface area contributed by atoms with Crippen LogP contribution in [0.25, 0.3) is 0 Å². The summed E-state index contributed by atoms with van der Waals surface area (Å²) in [6, 6.07) is 11.1. The van der Waals surface area contributed by atoms with E-state index in [2.05, 4.69) is 5.32 Å². The molecule has 2 aromatic rings. The van der Waals surface area contributed by atoms with Gasteiger partial charge in [0.1, 0.15) is 5.75 Å². The van der Waals surface area contributed by atoms with Gasteiger partial charge in [-0.15, -0.1) is 0 Å². The third-order valence-electron chi connectivity index (χ3n) is 3.58. The minimum absolute atomic E-state index is 0.0928. The molecule has 0 saturated carbocycles. The van der Waals surface area contributed by atoms with Gasteiger partial charge in [0, 0.05) is 23.2 Å². The van der Waals surface area contributed by atoms with E-state index in [1.54, 1.807) is 18.2 Å². The minimum atomic E-state index is 0.0928. The molecule has 21 heavy (non-hydrogen) atoms. The average molecular weight is 306 g/mol. The van der Waals surface area contributed by atoms with E-state index < -0.39 is 0 Å². The molecule has 0 fully saturated rings. The fourth-order valence-electron chi connectivity index (χ4n) is 2.28. The Kier molecular flexibility index (Phi) is 3.90. The molecule has 1 atom stereocenters. The average Bonchev–Trinajstić information content (AvgIpc) is 2.93. The molecule has 0 radical (unpaired) electrons. The highest BCUT2D eigenvalue weighted by Crippen LogP contribution is 2.34. The van der Waals surface area contributed by atoms with Crippen molar-refractivity contribution in [1.82, 2.24) is 5.32 Å². The molecule has 0 amide bonds. The van der Waals surface area contributed by atoms with Crippen molar-refractivity contribution in [2.24, 2.45) is 0 Å². The third kappa shape index (κ3) is 2.91. The summed E-state index contributed by atoms with van der Waals surface area (Å²) in [5.74, 6) is 1.74. The largest absolute Gasteiger partial charge is 0.508 e. The Bertz CT molecular complexity index is 640. The topological polar surface area (TPSA) is 50.7 Å².